The quantitative estimate of drug-likeness (QED) is 0.324. The molecule has 8 heteroatoms. The smallest absolute Gasteiger partial charge is 0.259 e. The Labute approximate surface area is 213 Å². The molecular formula is C27H25Cl2FN2O3. The van der Waals surface area contributed by atoms with E-state index in [9.17, 15) is 14.3 Å². The van der Waals surface area contributed by atoms with Gasteiger partial charge in [0.2, 0.25) is 0 Å². The van der Waals surface area contributed by atoms with Crippen LogP contribution in [0.2, 0.25) is 10.0 Å². The molecule has 0 radical (unpaired) electrons. The summed E-state index contributed by atoms with van der Waals surface area (Å²) in [5, 5.41) is 14.0. The molecule has 4 rings (SSSR count). The minimum atomic E-state index is -1.58. The predicted octanol–water partition coefficient (Wildman–Crippen LogP) is 7.63. The number of carbonyl (C=O) groups is 1. The van der Waals surface area contributed by atoms with E-state index in [1.165, 1.54) is 24.4 Å². The zero-order chi connectivity index (χ0) is 25.1. The molecule has 0 aliphatic heterocycles. The van der Waals surface area contributed by atoms with Crippen LogP contribution in [-0.4, -0.2) is 22.5 Å². The van der Waals surface area contributed by atoms with Gasteiger partial charge in [0.15, 0.2) is 11.5 Å². The summed E-state index contributed by atoms with van der Waals surface area (Å²) in [4.78, 5) is 17.4. The Kier molecular flexibility index (Phi) is 7.63. The molecule has 0 bridgehead atoms. The van der Waals surface area contributed by atoms with Gasteiger partial charge in [-0.25, -0.2) is 9.37 Å². The Hall–Kier alpha value is -3.09. The first-order valence-electron chi connectivity index (χ1n) is 11.2. The summed E-state index contributed by atoms with van der Waals surface area (Å²) in [6, 6.07) is 12.1. The highest BCUT2D eigenvalue weighted by Gasteiger charge is 2.26. The van der Waals surface area contributed by atoms with Crippen molar-refractivity contribution in [2.75, 3.05) is 6.54 Å². The SMILES string of the molecule is CC(C)=Cc1ncc(Oc2cccc(C3CC3)c2)c(C(=O)NCC(F)c2ccc(Cl)cc2Cl)c1O. The second kappa shape index (κ2) is 10.7. The van der Waals surface area contributed by atoms with Gasteiger partial charge in [0.1, 0.15) is 23.2 Å². The summed E-state index contributed by atoms with van der Waals surface area (Å²) in [6.45, 7) is 3.33. The molecule has 2 aromatic carbocycles. The number of alkyl halides is 1. The molecule has 1 amide bonds. The largest absolute Gasteiger partial charge is 0.505 e. The molecular weight excluding hydrogens is 490 g/mol. The van der Waals surface area contributed by atoms with E-state index in [2.05, 4.69) is 10.3 Å². The van der Waals surface area contributed by atoms with E-state index in [1.54, 1.807) is 12.1 Å². The van der Waals surface area contributed by atoms with Gasteiger partial charge in [-0.2, -0.15) is 0 Å². The zero-order valence-corrected chi connectivity index (χ0v) is 20.8. The Morgan fingerprint density at radius 3 is 2.71 bits per heavy atom. The average Bonchev–Trinajstić information content (AvgIpc) is 3.65. The van der Waals surface area contributed by atoms with E-state index in [1.807, 2.05) is 32.0 Å². The third-order valence-corrected chi connectivity index (χ3v) is 6.14. The Morgan fingerprint density at radius 2 is 2.03 bits per heavy atom. The van der Waals surface area contributed by atoms with Gasteiger partial charge in [-0.15, -0.1) is 0 Å². The lowest BCUT2D eigenvalue weighted by Crippen LogP contribution is -2.28. The number of nitrogens with one attached hydrogen (secondary N) is 1. The number of halogens is 3. The van der Waals surface area contributed by atoms with E-state index < -0.39 is 12.1 Å². The number of amides is 1. The number of pyridine rings is 1. The van der Waals surface area contributed by atoms with Crippen LogP contribution in [-0.2, 0) is 0 Å². The van der Waals surface area contributed by atoms with E-state index in [-0.39, 0.29) is 39.9 Å². The molecule has 35 heavy (non-hydrogen) atoms. The normalized spacial score (nSPS) is 13.7. The highest BCUT2D eigenvalue weighted by molar-refractivity contribution is 6.35. The molecule has 1 unspecified atom stereocenters. The van der Waals surface area contributed by atoms with Crippen LogP contribution >= 0.6 is 23.2 Å². The van der Waals surface area contributed by atoms with Crippen molar-refractivity contribution in [3.8, 4) is 17.2 Å². The maximum Gasteiger partial charge on any atom is 0.259 e. The van der Waals surface area contributed by atoms with E-state index in [0.29, 0.717) is 16.7 Å². The van der Waals surface area contributed by atoms with Gasteiger partial charge in [-0.1, -0.05) is 47.0 Å². The van der Waals surface area contributed by atoms with Crippen LogP contribution in [0.3, 0.4) is 0 Å². The van der Waals surface area contributed by atoms with E-state index in [0.717, 1.165) is 24.0 Å². The summed E-state index contributed by atoms with van der Waals surface area (Å²) in [5.74, 6) is 0.0673. The lowest BCUT2D eigenvalue weighted by molar-refractivity contribution is 0.0936. The molecule has 1 aliphatic rings. The lowest BCUT2D eigenvalue weighted by atomic mass is 10.1. The number of rotatable bonds is 8. The minimum absolute atomic E-state index is 0.0683. The molecule has 1 aliphatic carbocycles. The summed E-state index contributed by atoms with van der Waals surface area (Å²) in [5.41, 5.74) is 2.33. The summed E-state index contributed by atoms with van der Waals surface area (Å²) >= 11 is 12.0. The Balaban J connectivity index is 1.61. The molecule has 5 nitrogen and oxygen atoms in total. The Morgan fingerprint density at radius 1 is 1.26 bits per heavy atom. The van der Waals surface area contributed by atoms with Crippen molar-refractivity contribution in [2.45, 2.75) is 38.8 Å². The fraction of sp³-hybridized carbons (Fsp3) is 0.259. The molecule has 0 saturated heterocycles. The third-order valence-electron chi connectivity index (χ3n) is 5.58. The molecule has 2 N–H and O–H groups in total. The molecule has 1 heterocycles. The number of benzene rings is 2. The number of aromatic hydroxyl groups is 1. The lowest BCUT2D eigenvalue weighted by Gasteiger charge is -2.16. The van der Waals surface area contributed by atoms with Crippen LogP contribution < -0.4 is 10.1 Å². The van der Waals surface area contributed by atoms with Gasteiger partial charge >= 0.3 is 0 Å². The molecule has 3 aromatic rings. The fourth-order valence-electron chi connectivity index (χ4n) is 3.69. The molecule has 182 valence electrons. The third kappa shape index (κ3) is 6.13. The van der Waals surface area contributed by atoms with Crippen LogP contribution in [0.5, 0.6) is 17.2 Å². The first-order chi connectivity index (χ1) is 16.7. The molecule has 1 atom stereocenters. The van der Waals surface area contributed by atoms with Gasteiger partial charge < -0.3 is 15.2 Å². The summed E-state index contributed by atoms with van der Waals surface area (Å²) < 4.78 is 20.9. The van der Waals surface area contributed by atoms with Crippen molar-refractivity contribution in [1.29, 1.82) is 0 Å². The maximum absolute atomic E-state index is 14.9. The summed E-state index contributed by atoms with van der Waals surface area (Å²) in [7, 11) is 0. The maximum atomic E-state index is 14.9. The number of carbonyl (C=O) groups excluding carboxylic acids is 1. The molecule has 1 aromatic heterocycles. The van der Waals surface area contributed by atoms with Gasteiger partial charge in [0.05, 0.1) is 12.7 Å². The average molecular weight is 515 g/mol. The second-order valence-electron chi connectivity index (χ2n) is 8.75. The first kappa shape index (κ1) is 25.0. The summed E-state index contributed by atoms with van der Waals surface area (Å²) in [6.07, 6.45) is 3.73. The molecule has 1 fully saturated rings. The monoisotopic (exact) mass is 514 g/mol. The van der Waals surface area contributed by atoms with E-state index >= 15 is 0 Å². The first-order valence-corrected chi connectivity index (χ1v) is 12.0. The number of hydrogen-bond acceptors (Lipinski definition) is 4. The second-order valence-corrected chi connectivity index (χ2v) is 9.59. The fourth-order valence-corrected chi connectivity index (χ4v) is 4.21. The van der Waals surface area contributed by atoms with Gasteiger partial charge in [-0.05, 0) is 68.5 Å². The van der Waals surface area contributed by atoms with Crippen LogP contribution in [0, 0.1) is 0 Å². The van der Waals surface area contributed by atoms with Crippen LogP contribution in [0.25, 0.3) is 6.08 Å². The van der Waals surface area contributed by atoms with Gasteiger partial charge in [0.25, 0.3) is 5.91 Å². The van der Waals surface area contributed by atoms with Gasteiger partial charge in [-0.3, -0.25) is 4.79 Å². The van der Waals surface area contributed by atoms with Crippen molar-refractivity contribution in [3.63, 3.8) is 0 Å². The van der Waals surface area contributed by atoms with Gasteiger partial charge in [0, 0.05) is 15.6 Å². The van der Waals surface area contributed by atoms with Crippen LogP contribution in [0.1, 0.15) is 66.0 Å². The number of ether oxygens (including phenoxy) is 1. The van der Waals surface area contributed by atoms with Crippen LogP contribution in [0.4, 0.5) is 4.39 Å². The number of allylic oxidation sites excluding steroid dienone is 1. The number of nitrogens with zero attached hydrogens (tertiary/aromatic N) is 1. The highest BCUT2D eigenvalue weighted by atomic mass is 35.5. The topological polar surface area (TPSA) is 71.5 Å². The van der Waals surface area contributed by atoms with Crippen molar-refractivity contribution in [1.82, 2.24) is 10.3 Å². The highest BCUT2D eigenvalue weighted by Crippen LogP contribution is 2.42. The van der Waals surface area contributed by atoms with Crippen LogP contribution in [0.15, 0.2) is 54.2 Å². The van der Waals surface area contributed by atoms with Crippen molar-refractivity contribution >= 4 is 35.2 Å². The Bertz CT molecular complexity index is 1290. The van der Waals surface area contributed by atoms with Crippen molar-refractivity contribution < 1.29 is 19.0 Å². The predicted molar refractivity (Wildman–Crippen MR) is 136 cm³/mol. The van der Waals surface area contributed by atoms with Crippen molar-refractivity contribution in [3.05, 3.63) is 86.7 Å². The number of hydrogen-bond donors (Lipinski definition) is 2. The van der Waals surface area contributed by atoms with Crippen molar-refractivity contribution in [2.24, 2.45) is 0 Å². The standard InChI is InChI=1S/C27H25Cl2FN2O3/c1-15(2)10-23-26(33)25(27(34)32-13-22(30)20-9-8-18(28)12-21(20)29)24(14-31-23)35-19-5-3-4-17(11-19)16-6-7-16/h3-5,8-12,14,16,22,33H,6-7,13H2,1-2H3,(H,32,34). The zero-order valence-electron chi connectivity index (χ0n) is 19.3. The minimum Gasteiger partial charge on any atom is -0.505 e. The molecule has 0 spiro atoms. The van der Waals surface area contributed by atoms with E-state index in [4.69, 9.17) is 27.9 Å². The molecule has 1 saturated carbocycles. The number of aromatic nitrogens is 1.